The molecule has 2 rings (SSSR count). The van der Waals surface area contributed by atoms with Crippen LogP contribution in [0.5, 0.6) is 0 Å². The average molecular weight is 242 g/mol. The van der Waals surface area contributed by atoms with Crippen molar-refractivity contribution < 1.29 is 0 Å². The van der Waals surface area contributed by atoms with Gasteiger partial charge >= 0.3 is 0 Å². The lowest BCUT2D eigenvalue weighted by atomic mass is 10.1. The van der Waals surface area contributed by atoms with Crippen LogP contribution in [0.25, 0.3) is 0 Å². The van der Waals surface area contributed by atoms with Crippen LogP contribution in [0.15, 0.2) is 46.2 Å². The topological polar surface area (TPSA) is 0 Å². The summed E-state index contributed by atoms with van der Waals surface area (Å²) < 4.78 is 0. The van der Waals surface area contributed by atoms with Crippen molar-refractivity contribution in [3.05, 3.63) is 58.7 Å². The Morgan fingerprint density at radius 1 is 0.824 bits per heavy atom. The normalized spacial score (nSPS) is 10.6. The predicted octanol–water partition coefficient (Wildman–Crippen LogP) is 5.07. The van der Waals surface area contributed by atoms with E-state index in [1.807, 2.05) is 11.8 Å². The second kappa shape index (κ2) is 4.97. The van der Waals surface area contributed by atoms with Gasteiger partial charge in [0.15, 0.2) is 0 Å². The van der Waals surface area contributed by atoms with Gasteiger partial charge in [-0.25, -0.2) is 0 Å². The van der Waals surface area contributed by atoms with Crippen molar-refractivity contribution in [1.29, 1.82) is 0 Å². The quantitative estimate of drug-likeness (QED) is 0.708. The molecule has 0 amide bonds. The van der Waals surface area contributed by atoms with Crippen molar-refractivity contribution >= 4 is 11.8 Å². The largest absolute Gasteiger partial charge is 0.0898 e. The summed E-state index contributed by atoms with van der Waals surface area (Å²) in [5.41, 5.74) is 5.42. The molecule has 0 aliphatic heterocycles. The summed E-state index contributed by atoms with van der Waals surface area (Å²) in [7, 11) is 0. The maximum atomic E-state index is 2.27. The maximum Gasteiger partial charge on any atom is 0.0156 e. The molecule has 0 radical (unpaired) electrons. The second-order valence-electron chi connectivity index (χ2n) is 4.62. The first-order valence-electron chi connectivity index (χ1n) is 5.88. The van der Waals surface area contributed by atoms with Crippen molar-refractivity contribution in [2.45, 2.75) is 37.5 Å². The Bertz CT molecular complexity index is 541. The highest BCUT2D eigenvalue weighted by atomic mass is 32.2. The third kappa shape index (κ3) is 2.92. The first-order chi connectivity index (χ1) is 8.06. The van der Waals surface area contributed by atoms with Gasteiger partial charge in [-0.3, -0.25) is 0 Å². The first-order valence-corrected chi connectivity index (χ1v) is 6.70. The van der Waals surface area contributed by atoms with E-state index in [1.165, 1.54) is 32.0 Å². The predicted molar refractivity (Wildman–Crippen MR) is 76.0 cm³/mol. The Kier molecular flexibility index (Phi) is 3.58. The molecule has 0 atom stereocenters. The fourth-order valence-electron chi connectivity index (χ4n) is 1.91. The van der Waals surface area contributed by atoms with Gasteiger partial charge < -0.3 is 0 Å². The van der Waals surface area contributed by atoms with Gasteiger partial charge in [-0.1, -0.05) is 35.5 Å². The number of hydrogen-bond acceptors (Lipinski definition) is 1. The summed E-state index contributed by atoms with van der Waals surface area (Å²) in [6, 6.07) is 13.2. The highest BCUT2D eigenvalue weighted by molar-refractivity contribution is 7.99. The first kappa shape index (κ1) is 12.3. The Morgan fingerprint density at radius 2 is 1.59 bits per heavy atom. The fourth-order valence-corrected chi connectivity index (χ4v) is 3.12. The lowest BCUT2D eigenvalue weighted by molar-refractivity contribution is 1.19. The Balaban J connectivity index is 2.36. The van der Waals surface area contributed by atoms with Crippen molar-refractivity contribution in [2.24, 2.45) is 0 Å². The van der Waals surface area contributed by atoms with Crippen LogP contribution in [0.1, 0.15) is 22.3 Å². The minimum absolute atomic E-state index is 1.32. The van der Waals surface area contributed by atoms with Gasteiger partial charge in [-0.2, -0.15) is 0 Å². The standard InChI is InChI=1S/C16H18S/c1-11-6-5-7-15(9-11)17-16-10-12(2)8-13(3)14(16)4/h5-10H,1-4H3. The molecule has 0 saturated heterocycles. The molecule has 0 fully saturated rings. The van der Waals surface area contributed by atoms with E-state index >= 15 is 0 Å². The lowest BCUT2D eigenvalue weighted by Crippen LogP contribution is -1.87. The number of rotatable bonds is 2. The van der Waals surface area contributed by atoms with Crippen molar-refractivity contribution in [3.8, 4) is 0 Å². The van der Waals surface area contributed by atoms with Gasteiger partial charge in [0.25, 0.3) is 0 Å². The van der Waals surface area contributed by atoms with E-state index in [0.717, 1.165) is 0 Å². The van der Waals surface area contributed by atoms with Crippen LogP contribution in [0.4, 0.5) is 0 Å². The Morgan fingerprint density at radius 3 is 2.29 bits per heavy atom. The van der Waals surface area contributed by atoms with Gasteiger partial charge in [0.2, 0.25) is 0 Å². The van der Waals surface area contributed by atoms with E-state index in [0.29, 0.717) is 0 Å². The van der Waals surface area contributed by atoms with Crippen LogP contribution < -0.4 is 0 Å². The van der Waals surface area contributed by atoms with Crippen LogP contribution >= 0.6 is 11.8 Å². The molecule has 0 saturated carbocycles. The third-order valence-corrected chi connectivity index (χ3v) is 4.11. The molecule has 0 aromatic heterocycles. The van der Waals surface area contributed by atoms with Crippen LogP contribution in [-0.2, 0) is 0 Å². The molecular weight excluding hydrogens is 224 g/mol. The van der Waals surface area contributed by atoms with Crippen molar-refractivity contribution in [2.75, 3.05) is 0 Å². The summed E-state index contributed by atoms with van der Waals surface area (Å²) in [6.45, 7) is 8.68. The van der Waals surface area contributed by atoms with Crippen molar-refractivity contribution in [1.82, 2.24) is 0 Å². The number of benzene rings is 2. The maximum absolute atomic E-state index is 2.27. The highest BCUT2D eigenvalue weighted by Crippen LogP contribution is 2.32. The summed E-state index contributed by atoms with van der Waals surface area (Å²) in [4.78, 5) is 2.69. The molecule has 0 aliphatic carbocycles. The lowest BCUT2D eigenvalue weighted by Gasteiger charge is -2.10. The molecular formula is C16H18S. The van der Waals surface area contributed by atoms with Gasteiger partial charge in [0.1, 0.15) is 0 Å². The average Bonchev–Trinajstić information content (AvgIpc) is 2.25. The van der Waals surface area contributed by atoms with E-state index in [1.54, 1.807) is 0 Å². The van der Waals surface area contributed by atoms with Gasteiger partial charge in [0.05, 0.1) is 0 Å². The Labute approximate surface area is 108 Å². The molecule has 0 aliphatic rings. The molecule has 2 aromatic carbocycles. The van der Waals surface area contributed by atoms with E-state index < -0.39 is 0 Å². The van der Waals surface area contributed by atoms with Crippen LogP contribution in [0.2, 0.25) is 0 Å². The molecule has 0 nitrogen and oxygen atoms in total. The third-order valence-electron chi connectivity index (χ3n) is 2.98. The van der Waals surface area contributed by atoms with Gasteiger partial charge in [-0.15, -0.1) is 0 Å². The van der Waals surface area contributed by atoms with E-state index in [-0.39, 0.29) is 0 Å². The van der Waals surface area contributed by atoms with Crippen LogP contribution in [0, 0.1) is 27.7 Å². The van der Waals surface area contributed by atoms with Crippen molar-refractivity contribution in [3.63, 3.8) is 0 Å². The van der Waals surface area contributed by atoms with Gasteiger partial charge in [-0.05, 0) is 62.6 Å². The van der Waals surface area contributed by atoms with Crippen LogP contribution in [-0.4, -0.2) is 0 Å². The monoisotopic (exact) mass is 242 g/mol. The summed E-state index contributed by atoms with van der Waals surface area (Å²) in [5, 5.41) is 0. The van der Waals surface area contributed by atoms with E-state index in [2.05, 4.69) is 64.1 Å². The highest BCUT2D eigenvalue weighted by Gasteiger charge is 2.04. The summed E-state index contributed by atoms with van der Waals surface area (Å²) >= 11 is 1.86. The zero-order valence-corrected chi connectivity index (χ0v) is 11.7. The molecule has 1 heteroatoms. The molecule has 2 aromatic rings. The summed E-state index contributed by atoms with van der Waals surface area (Å²) in [6.07, 6.45) is 0. The minimum atomic E-state index is 1.32. The summed E-state index contributed by atoms with van der Waals surface area (Å²) in [5.74, 6) is 0. The SMILES string of the molecule is Cc1cccc(Sc2cc(C)cc(C)c2C)c1. The zero-order valence-electron chi connectivity index (χ0n) is 10.9. The number of hydrogen-bond donors (Lipinski definition) is 0. The molecule has 0 spiro atoms. The molecule has 88 valence electrons. The number of aryl methyl sites for hydroxylation is 3. The van der Waals surface area contributed by atoms with Gasteiger partial charge in [0, 0.05) is 9.79 Å². The Hall–Kier alpha value is -1.21. The molecule has 0 unspecified atom stereocenters. The second-order valence-corrected chi connectivity index (χ2v) is 5.74. The van der Waals surface area contributed by atoms with E-state index in [9.17, 15) is 0 Å². The van der Waals surface area contributed by atoms with E-state index in [4.69, 9.17) is 0 Å². The molecule has 17 heavy (non-hydrogen) atoms. The smallest absolute Gasteiger partial charge is 0.0156 e. The molecule has 0 N–H and O–H groups in total. The molecule has 0 heterocycles. The minimum Gasteiger partial charge on any atom is -0.0898 e. The zero-order chi connectivity index (χ0) is 12.4. The van der Waals surface area contributed by atoms with Crippen LogP contribution in [0.3, 0.4) is 0 Å². The molecule has 0 bridgehead atoms. The fraction of sp³-hybridized carbons (Fsp3) is 0.250.